The minimum Gasteiger partial charge on any atom is -0.0776 e. The van der Waals surface area contributed by atoms with Gasteiger partial charge in [0.2, 0.25) is 0 Å². The topological polar surface area (TPSA) is 0 Å². The zero-order chi connectivity index (χ0) is 9.35. The lowest BCUT2D eigenvalue weighted by Crippen LogP contribution is -2.23. The van der Waals surface area contributed by atoms with Gasteiger partial charge < -0.3 is 0 Å². The summed E-state index contributed by atoms with van der Waals surface area (Å²) in [6.45, 7) is 11.8. The first-order valence-corrected chi connectivity index (χ1v) is 5.15. The van der Waals surface area contributed by atoms with Crippen molar-refractivity contribution in [3.05, 3.63) is 11.1 Å². The molecule has 0 aromatic carbocycles. The molecule has 78 valence electrons. The fraction of sp³-hybridized carbons (Fsp3) is 0.846. The Labute approximate surface area is 84.4 Å². The molecule has 0 aromatic rings. The molecule has 0 heterocycles. The van der Waals surface area contributed by atoms with E-state index in [1.807, 2.05) is 0 Å². The van der Waals surface area contributed by atoms with E-state index in [-0.39, 0.29) is 7.43 Å². The van der Waals surface area contributed by atoms with Crippen molar-refractivity contribution < 1.29 is 0 Å². The normalized spacial score (nSPS) is 21.7. The first kappa shape index (κ1) is 12.7. The average molecular weight is 182 g/mol. The van der Waals surface area contributed by atoms with E-state index in [1.54, 1.807) is 11.1 Å². The number of allylic oxidation sites excluding steroid dienone is 2. The number of hydrogen-bond acceptors (Lipinski definition) is 0. The maximum Gasteiger partial charge on any atom is -0.0139 e. The van der Waals surface area contributed by atoms with Gasteiger partial charge in [-0.25, -0.2) is 0 Å². The molecule has 0 saturated carbocycles. The first-order valence-electron chi connectivity index (χ1n) is 5.15. The molecule has 0 N–H and O–H groups in total. The highest BCUT2D eigenvalue weighted by Gasteiger charge is 2.29. The van der Waals surface area contributed by atoms with Crippen LogP contribution in [0.25, 0.3) is 0 Å². The standard InChI is InChI=1S/C12H22.CH4/c1-9(2)11-10(3)7-6-8-12(11,4)5;/h9H,6-8H2,1-5H3;1H4. The van der Waals surface area contributed by atoms with Gasteiger partial charge in [-0.2, -0.15) is 0 Å². The molecule has 0 fully saturated rings. The molecule has 0 aromatic heterocycles. The van der Waals surface area contributed by atoms with E-state index < -0.39 is 0 Å². The molecular weight excluding hydrogens is 156 g/mol. The smallest absolute Gasteiger partial charge is 0.0139 e. The Balaban J connectivity index is 0.00000144. The van der Waals surface area contributed by atoms with Crippen LogP contribution in [0.2, 0.25) is 0 Å². The monoisotopic (exact) mass is 182 g/mol. The van der Waals surface area contributed by atoms with E-state index in [9.17, 15) is 0 Å². The van der Waals surface area contributed by atoms with Gasteiger partial charge in [-0.1, -0.05) is 46.3 Å². The molecule has 0 aliphatic heterocycles. The van der Waals surface area contributed by atoms with Crippen LogP contribution in [0.5, 0.6) is 0 Å². The zero-order valence-corrected chi connectivity index (χ0v) is 9.20. The average Bonchev–Trinajstić information content (AvgIpc) is 1.82. The third-order valence-corrected chi connectivity index (χ3v) is 3.12. The maximum atomic E-state index is 2.39. The van der Waals surface area contributed by atoms with Crippen LogP contribution in [0.1, 0.15) is 61.3 Å². The summed E-state index contributed by atoms with van der Waals surface area (Å²) in [7, 11) is 0. The highest BCUT2D eigenvalue weighted by atomic mass is 14.3. The maximum absolute atomic E-state index is 2.39. The third-order valence-electron chi connectivity index (χ3n) is 3.12. The lowest BCUT2D eigenvalue weighted by molar-refractivity contribution is 0.334. The fourth-order valence-corrected chi connectivity index (χ4v) is 2.92. The molecule has 1 aliphatic carbocycles. The summed E-state index contributed by atoms with van der Waals surface area (Å²) in [6.07, 6.45) is 4.09. The molecule has 0 heteroatoms. The summed E-state index contributed by atoms with van der Waals surface area (Å²) < 4.78 is 0. The highest BCUT2D eigenvalue weighted by Crippen LogP contribution is 2.43. The lowest BCUT2D eigenvalue weighted by Gasteiger charge is -2.37. The van der Waals surface area contributed by atoms with E-state index in [1.165, 1.54) is 19.3 Å². The van der Waals surface area contributed by atoms with Crippen LogP contribution >= 0.6 is 0 Å². The van der Waals surface area contributed by atoms with Gasteiger partial charge in [0.25, 0.3) is 0 Å². The lowest BCUT2D eigenvalue weighted by atomic mass is 9.69. The molecule has 13 heavy (non-hydrogen) atoms. The van der Waals surface area contributed by atoms with E-state index in [4.69, 9.17) is 0 Å². The van der Waals surface area contributed by atoms with E-state index >= 15 is 0 Å². The Morgan fingerprint density at radius 1 is 1.23 bits per heavy atom. The Morgan fingerprint density at radius 2 is 1.77 bits per heavy atom. The van der Waals surface area contributed by atoms with Crippen LogP contribution in [0.3, 0.4) is 0 Å². The number of hydrogen-bond donors (Lipinski definition) is 0. The molecule has 1 aliphatic rings. The first-order chi connectivity index (χ1) is 5.45. The van der Waals surface area contributed by atoms with Crippen LogP contribution in [-0.2, 0) is 0 Å². The van der Waals surface area contributed by atoms with Crippen molar-refractivity contribution in [3.63, 3.8) is 0 Å². The molecule has 0 bridgehead atoms. The van der Waals surface area contributed by atoms with Gasteiger partial charge in [-0.15, -0.1) is 0 Å². The van der Waals surface area contributed by atoms with Gasteiger partial charge >= 0.3 is 0 Å². The molecule has 0 amide bonds. The van der Waals surface area contributed by atoms with Gasteiger partial charge in [-0.05, 0) is 37.5 Å². The Bertz CT molecular complexity index is 194. The zero-order valence-electron chi connectivity index (χ0n) is 9.20. The Morgan fingerprint density at radius 3 is 2.08 bits per heavy atom. The van der Waals surface area contributed by atoms with Crippen molar-refractivity contribution in [2.45, 2.75) is 61.3 Å². The second kappa shape index (κ2) is 4.30. The summed E-state index contributed by atoms with van der Waals surface area (Å²) in [5, 5.41) is 0. The van der Waals surface area contributed by atoms with Crippen molar-refractivity contribution in [2.75, 3.05) is 0 Å². The summed E-state index contributed by atoms with van der Waals surface area (Å²) >= 11 is 0. The van der Waals surface area contributed by atoms with Crippen LogP contribution in [0, 0.1) is 11.3 Å². The van der Waals surface area contributed by atoms with Crippen molar-refractivity contribution >= 4 is 0 Å². The SMILES string of the molecule is C.CC1=C(C(C)C)C(C)(C)CCC1. The van der Waals surface area contributed by atoms with Gasteiger partial charge in [0.15, 0.2) is 0 Å². The van der Waals surface area contributed by atoms with Gasteiger partial charge in [0.1, 0.15) is 0 Å². The largest absolute Gasteiger partial charge is 0.0776 e. The molecule has 1 rings (SSSR count). The van der Waals surface area contributed by atoms with Gasteiger partial charge in [0.05, 0.1) is 0 Å². The van der Waals surface area contributed by atoms with Gasteiger partial charge in [0, 0.05) is 0 Å². The van der Waals surface area contributed by atoms with Crippen LogP contribution in [0.15, 0.2) is 11.1 Å². The van der Waals surface area contributed by atoms with Crippen LogP contribution in [-0.4, -0.2) is 0 Å². The second-order valence-corrected chi connectivity index (χ2v) is 5.09. The van der Waals surface area contributed by atoms with E-state index in [0.29, 0.717) is 5.41 Å². The molecule has 0 nitrogen and oxygen atoms in total. The van der Waals surface area contributed by atoms with Crippen molar-refractivity contribution in [2.24, 2.45) is 11.3 Å². The highest BCUT2D eigenvalue weighted by molar-refractivity contribution is 5.23. The summed E-state index contributed by atoms with van der Waals surface area (Å²) in [5.41, 5.74) is 3.84. The van der Waals surface area contributed by atoms with E-state index in [0.717, 1.165) is 5.92 Å². The molecule has 0 radical (unpaired) electrons. The minimum atomic E-state index is 0. The summed E-state index contributed by atoms with van der Waals surface area (Å²) in [5.74, 6) is 0.736. The Hall–Kier alpha value is -0.260. The molecule has 0 unspecified atom stereocenters. The van der Waals surface area contributed by atoms with E-state index in [2.05, 4.69) is 34.6 Å². The molecular formula is C13H26. The summed E-state index contributed by atoms with van der Waals surface area (Å²) in [4.78, 5) is 0. The van der Waals surface area contributed by atoms with Gasteiger partial charge in [-0.3, -0.25) is 0 Å². The Kier molecular flexibility index (Phi) is 4.22. The van der Waals surface area contributed by atoms with Crippen molar-refractivity contribution in [3.8, 4) is 0 Å². The van der Waals surface area contributed by atoms with Crippen LogP contribution < -0.4 is 0 Å². The predicted molar refractivity (Wildman–Crippen MR) is 61.9 cm³/mol. The minimum absolute atomic E-state index is 0. The van der Waals surface area contributed by atoms with Crippen molar-refractivity contribution in [1.82, 2.24) is 0 Å². The fourth-order valence-electron chi connectivity index (χ4n) is 2.92. The predicted octanol–water partition coefficient (Wildman–Crippen LogP) is 4.81. The van der Waals surface area contributed by atoms with Crippen molar-refractivity contribution in [1.29, 1.82) is 0 Å². The molecule has 0 saturated heterocycles. The third kappa shape index (κ3) is 2.59. The second-order valence-electron chi connectivity index (χ2n) is 5.09. The number of rotatable bonds is 1. The quantitative estimate of drug-likeness (QED) is 0.511. The molecule has 0 atom stereocenters. The van der Waals surface area contributed by atoms with Crippen LogP contribution in [0.4, 0.5) is 0 Å². The summed E-state index contributed by atoms with van der Waals surface area (Å²) in [6, 6.07) is 0. The molecule has 0 spiro atoms.